The van der Waals surface area contributed by atoms with E-state index >= 15 is 0 Å². The second-order valence-corrected chi connectivity index (χ2v) is 7.33. The van der Waals surface area contributed by atoms with Gasteiger partial charge in [0.05, 0.1) is 10.2 Å². The van der Waals surface area contributed by atoms with Crippen LogP contribution >= 0.6 is 44.1 Å². The first kappa shape index (κ1) is 20.2. The van der Waals surface area contributed by atoms with E-state index in [-0.39, 0.29) is 4.47 Å². The second kappa shape index (κ2) is 8.50. The highest BCUT2D eigenvalue weighted by Gasteiger charge is 2.37. The molecule has 0 unspecified atom stereocenters. The number of anilines is 1. The third-order valence-corrected chi connectivity index (χ3v) is 5.06. The molecule has 25 heavy (non-hydrogen) atoms. The number of halogens is 5. The second-order valence-electron chi connectivity index (χ2n) is 5.21. The molecule has 0 aliphatic rings. The average molecular weight is 500 g/mol. The Morgan fingerprint density at radius 1 is 1.24 bits per heavy atom. The third-order valence-electron chi connectivity index (χ3n) is 3.34. The van der Waals surface area contributed by atoms with Crippen LogP contribution in [-0.2, 0) is 12.7 Å². The van der Waals surface area contributed by atoms with Gasteiger partial charge in [0, 0.05) is 23.2 Å². The summed E-state index contributed by atoms with van der Waals surface area (Å²) in [4.78, 5) is 0. The zero-order valence-corrected chi connectivity index (χ0v) is 17.1. The van der Waals surface area contributed by atoms with Gasteiger partial charge in [-0.25, -0.2) is 0 Å². The molecule has 2 N–H and O–H groups in total. The Hall–Kier alpha value is -1.13. The molecule has 0 aliphatic carbocycles. The highest BCUT2D eigenvalue weighted by Crippen LogP contribution is 2.35. The lowest BCUT2D eigenvalue weighted by molar-refractivity contribution is -0.142. The predicted molar refractivity (Wildman–Crippen MR) is 103 cm³/mol. The van der Waals surface area contributed by atoms with Gasteiger partial charge in [-0.05, 0) is 65.8 Å². The Bertz CT molecular complexity index is 744. The molecule has 0 radical (unpaired) electrons. The summed E-state index contributed by atoms with van der Waals surface area (Å²) in [7, 11) is 0. The summed E-state index contributed by atoms with van der Waals surface area (Å²) < 4.78 is 40.8. The molecule has 1 aromatic heterocycles. The molecule has 0 spiro atoms. The van der Waals surface area contributed by atoms with Gasteiger partial charge in [0.15, 0.2) is 10.8 Å². The number of aryl methyl sites for hydroxylation is 1. The minimum absolute atomic E-state index is 0.0135. The molecule has 4 nitrogen and oxygen atoms in total. The van der Waals surface area contributed by atoms with Gasteiger partial charge in [0.1, 0.15) is 0 Å². The van der Waals surface area contributed by atoms with Crippen LogP contribution in [0.25, 0.3) is 0 Å². The molecule has 0 atom stereocenters. The lowest BCUT2D eigenvalue weighted by Crippen LogP contribution is -2.29. The van der Waals surface area contributed by atoms with Crippen LogP contribution in [-0.4, -0.2) is 21.4 Å². The number of rotatable bonds is 5. The van der Waals surface area contributed by atoms with E-state index in [0.29, 0.717) is 30.3 Å². The summed E-state index contributed by atoms with van der Waals surface area (Å²) >= 11 is 11.5. The summed E-state index contributed by atoms with van der Waals surface area (Å²) in [6.07, 6.45) is -3.89. The van der Waals surface area contributed by atoms with Gasteiger partial charge in [0.25, 0.3) is 0 Å². The lowest BCUT2D eigenvalue weighted by atomic mass is 10.3. The van der Waals surface area contributed by atoms with E-state index in [1.165, 1.54) is 4.68 Å². The third kappa shape index (κ3) is 5.68. The van der Waals surface area contributed by atoms with Crippen molar-refractivity contribution in [3.8, 4) is 0 Å². The van der Waals surface area contributed by atoms with Gasteiger partial charge in [0.2, 0.25) is 0 Å². The van der Waals surface area contributed by atoms with Gasteiger partial charge in [-0.3, -0.25) is 4.68 Å². The summed E-state index contributed by atoms with van der Waals surface area (Å²) in [5.74, 6) is 0. The van der Waals surface area contributed by atoms with Crippen molar-refractivity contribution in [1.29, 1.82) is 0 Å². The van der Waals surface area contributed by atoms with Crippen LogP contribution in [0.4, 0.5) is 18.9 Å². The fraction of sp³-hybridized carbons (Fsp3) is 0.333. The Labute approximate surface area is 165 Å². The highest BCUT2D eigenvalue weighted by atomic mass is 79.9. The average Bonchev–Trinajstić information content (AvgIpc) is 2.82. The van der Waals surface area contributed by atoms with Crippen molar-refractivity contribution >= 4 is 54.9 Å². The quantitative estimate of drug-likeness (QED) is 0.443. The molecule has 2 aromatic rings. The molecule has 10 heteroatoms. The molecular weight excluding hydrogens is 485 g/mol. The molecule has 1 heterocycles. The van der Waals surface area contributed by atoms with Crippen LogP contribution in [0.2, 0.25) is 0 Å². The largest absolute Gasteiger partial charge is 0.436 e. The Morgan fingerprint density at radius 3 is 2.44 bits per heavy atom. The van der Waals surface area contributed by atoms with E-state index in [9.17, 15) is 13.2 Å². The minimum atomic E-state index is -4.47. The van der Waals surface area contributed by atoms with Crippen LogP contribution in [0, 0.1) is 6.92 Å². The Balaban J connectivity index is 1.81. The lowest BCUT2D eigenvalue weighted by Gasteiger charge is -2.11. The van der Waals surface area contributed by atoms with Crippen molar-refractivity contribution < 1.29 is 13.2 Å². The number of aromatic nitrogens is 2. The normalized spacial score (nSPS) is 11.4. The maximum atomic E-state index is 12.8. The van der Waals surface area contributed by atoms with E-state index in [4.69, 9.17) is 12.2 Å². The van der Waals surface area contributed by atoms with Crippen molar-refractivity contribution in [2.75, 3.05) is 11.9 Å². The number of nitrogens with one attached hydrogen (secondary N) is 2. The van der Waals surface area contributed by atoms with E-state index < -0.39 is 11.9 Å². The maximum Gasteiger partial charge on any atom is 0.436 e. The number of alkyl halides is 3. The highest BCUT2D eigenvalue weighted by molar-refractivity contribution is 9.10. The molecule has 0 amide bonds. The molecule has 0 fully saturated rings. The van der Waals surface area contributed by atoms with Crippen LogP contribution in [0.5, 0.6) is 0 Å². The molecule has 2 rings (SSSR count). The van der Waals surface area contributed by atoms with Crippen LogP contribution in [0.15, 0.2) is 33.2 Å². The van der Waals surface area contributed by atoms with E-state index in [1.807, 2.05) is 24.3 Å². The van der Waals surface area contributed by atoms with Gasteiger partial charge in [-0.15, -0.1) is 0 Å². The summed E-state index contributed by atoms with van der Waals surface area (Å²) in [5, 5.41) is 10.1. The SMILES string of the molecule is Cc1c(Br)c(C(F)(F)F)nn1CCCNC(=S)Nc1ccc(Br)cc1. The van der Waals surface area contributed by atoms with Crippen molar-refractivity contribution in [3.05, 3.63) is 44.6 Å². The fourth-order valence-electron chi connectivity index (χ4n) is 2.06. The number of hydrogen-bond acceptors (Lipinski definition) is 2. The summed E-state index contributed by atoms with van der Waals surface area (Å²) in [5.41, 5.74) is 0.399. The van der Waals surface area contributed by atoms with Gasteiger partial charge in [-0.1, -0.05) is 15.9 Å². The van der Waals surface area contributed by atoms with E-state index in [0.717, 1.165) is 10.2 Å². The Morgan fingerprint density at radius 2 is 1.88 bits per heavy atom. The van der Waals surface area contributed by atoms with Gasteiger partial charge in [-0.2, -0.15) is 18.3 Å². The first-order valence-electron chi connectivity index (χ1n) is 7.29. The van der Waals surface area contributed by atoms with Crippen molar-refractivity contribution in [1.82, 2.24) is 15.1 Å². The maximum absolute atomic E-state index is 12.8. The molecular formula is C15H15Br2F3N4S. The number of nitrogens with zero attached hydrogens (tertiary/aromatic N) is 2. The summed E-state index contributed by atoms with van der Waals surface area (Å²) in [6.45, 7) is 2.47. The number of benzene rings is 1. The van der Waals surface area contributed by atoms with Crippen LogP contribution in [0.3, 0.4) is 0 Å². The standard InChI is InChI=1S/C15H15Br2F3N4S/c1-9-12(17)13(15(18,19)20)23-24(9)8-2-7-21-14(25)22-11-5-3-10(16)4-6-11/h3-6H,2,7-8H2,1H3,(H2,21,22,25). The molecule has 0 saturated heterocycles. The minimum Gasteiger partial charge on any atom is -0.362 e. The fourth-order valence-corrected chi connectivity index (χ4v) is 3.06. The van der Waals surface area contributed by atoms with Crippen molar-refractivity contribution in [3.63, 3.8) is 0 Å². The first-order valence-corrected chi connectivity index (χ1v) is 9.28. The van der Waals surface area contributed by atoms with Gasteiger partial charge >= 0.3 is 6.18 Å². The van der Waals surface area contributed by atoms with Crippen molar-refractivity contribution in [2.45, 2.75) is 26.1 Å². The predicted octanol–water partition coefficient (Wildman–Crippen LogP) is 5.11. The molecule has 0 bridgehead atoms. The Kier molecular flexibility index (Phi) is 6.86. The topological polar surface area (TPSA) is 41.9 Å². The van der Waals surface area contributed by atoms with Crippen molar-refractivity contribution in [2.24, 2.45) is 0 Å². The smallest absolute Gasteiger partial charge is 0.362 e. The molecule has 1 aromatic carbocycles. The first-order chi connectivity index (χ1) is 11.7. The number of hydrogen-bond donors (Lipinski definition) is 2. The van der Waals surface area contributed by atoms with Gasteiger partial charge < -0.3 is 10.6 Å². The van der Waals surface area contributed by atoms with E-state index in [2.05, 4.69) is 47.6 Å². The zero-order valence-electron chi connectivity index (χ0n) is 13.1. The molecule has 0 aliphatic heterocycles. The van der Waals surface area contributed by atoms with E-state index in [1.54, 1.807) is 6.92 Å². The molecule has 0 saturated carbocycles. The summed E-state index contributed by atoms with van der Waals surface area (Å²) in [6, 6.07) is 7.53. The number of thiocarbonyl (C=S) groups is 1. The van der Waals surface area contributed by atoms with Crippen LogP contribution < -0.4 is 10.6 Å². The molecule has 136 valence electrons. The monoisotopic (exact) mass is 498 g/mol. The van der Waals surface area contributed by atoms with Crippen LogP contribution in [0.1, 0.15) is 17.8 Å². The zero-order chi connectivity index (χ0) is 18.6.